The van der Waals surface area contributed by atoms with Crippen LogP contribution in [0, 0.1) is 0 Å². The molecule has 0 fully saturated rings. The summed E-state index contributed by atoms with van der Waals surface area (Å²) in [5.41, 5.74) is 3.02. The van der Waals surface area contributed by atoms with Gasteiger partial charge in [0.15, 0.2) is 0 Å². The monoisotopic (exact) mass is 354 g/mol. The molecule has 25 heavy (non-hydrogen) atoms. The fraction of sp³-hybridized carbons (Fsp3) is 0.263. The van der Waals surface area contributed by atoms with Crippen LogP contribution in [0.3, 0.4) is 0 Å². The summed E-state index contributed by atoms with van der Waals surface area (Å²) in [5, 5.41) is 2.95. The maximum Gasteiger partial charge on any atom is 0.317 e. The van der Waals surface area contributed by atoms with Gasteiger partial charge in [-0.05, 0) is 36.1 Å². The van der Waals surface area contributed by atoms with Gasteiger partial charge in [-0.15, -0.1) is 11.8 Å². The Labute approximate surface area is 152 Å². The van der Waals surface area contributed by atoms with E-state index in [0.717, 1.165) is 16.9 Å². The average Bonchev–Trinajstić information content (AvgIpc) is 3.05. The van der Waals surface area contributed by atoms with E-state index in [2.05, 4.69) is 40.8 Å². The summed E-state index contributed by atoms with van der Waals surface area (Å²) in [6, 6.07) is 14.1. The van der Waals surface area contributed by atoms with Crippen molar-refractivity contribution in [2.45, 2.75) is 17.9 Å². The van der Waals surface area contributed by atoms with Gasteiger partial charge < -0.3 is 14.6 Å². The molecule has 0 aliphatic rings. The van der Waals surface area contributed by atoms with Crippen LogP contribution >= 0.6 is 11.8 Å². The number of nitrogens with one attached hydrogen (secondary N) is 1. The summed E-state index contributed by atoms with van der Waals surface area (Å²) < 4.78 is 1.99. The van der Waals surface area contributed by atoms with Crippen molar-refractivity contribution in [3.63, 3.8) is 0 Å². The first-order valence-corrected chi connectivity index (χ1v) is 9.42. The zero-order valence-electron chi connectivity index (χ0n) is 14.5. The van der Waals surface area contributed by atoms with Crippen molar-refractivity contribution in [1.82, 2.24) is 19.6 Å². The lowest BCUT2D eigenvalue weighted by atomic mass is 10.2. The smallest absolute Gasteiger partial charge is 0.317 e. The number of carbonyl (C=O) groups excluding carboxylic acids is 1. The van der Waals surface area contributed by atoms with E-state index in [1.807, 2.05) is 42.0 Å². The molecule has 0 spiro atoms. The normalized spacial score (nSPS) is 10.8. The van der Waals surface area contributed by atoms with Gasteiger partial charge in [-0.1, -0.05) is 18.2 Å². The summed E-state index contributed by atoms with van der Waals surface area (Å²) >= 11 is 1.71. The maximum absolute atomic E-state index is 12.2. The highest BCUT2D eigenvalue weighted by molar-refractivity contribution is 7.98. The standard InChI is InChI=1S/C19H22N4OS/c1-22(13-15-6-8-17(25-2)9-7-15)19(24)20-11-10-16-14-23-12-4-3-5-18(23)21-16/h3-9,12,14H,10-11,13H2,1-2H3,(H,20,24). The Morgan fingerprint density at radius 2 is 2.04 bits per heavy atom. The predicted molar refractivity (Wildman–Crippen MR) is 102 cm³/mol. The molecular formula is C19H22N4OS. The van der Waals surface area contributed by atoms with Crippen molar-refractivity contribution < 1.29 is 4.79 Å². The van der Waals surface area contributed by atoms with Crippen molar-refractivity contribution in [1.29, 1.82) is 0 Å². The molecule has 130 valence electrons. The minimum Gasteiger partial charge on any atom is -0.338 e. The molecule has 0 unspecified atom stereocenters. The van der Waals surface area contributed by atoms with E-state index in [-0.39, 0.29) is 6.03 Å². The fourth-order valence-electron chi connectivity index (χ4n) is 2.62. The molecule has 0 saturated carbocycles. The molecule has 0 atom stereocenters. The van der Waals surface area contributed by atoms with Crippen LogP contribution in [0.4, 0.5) is 4.79 Å². The summed E-state index contributed by atoms with van der Waals surface area (Å²) in [6.45, 7) is 1.16. The highest BCUT2D eigenvalue weighted by Crippen LogP contribution is 2.15. The number of rotatable bonds is 6. The summed E-state index contributed by atoms with van der Waals surface area (Å²) in [4.78, 5) is 19.7. The summed E-state index contributed by atoms with van der Waals surface area (Å²) in [7, 11) is 1.81. The Bertz CT molecular complexity index is 811. The first-order valence-electron chi connectivity index (χ1n) is 8.20. The predicted octanol–water partition coefficient (Wildman–Crippen LogP) is 3.44. The number of hydrogen-bond donors (Lipinski definition) is 1. The molecule has 0 aliphatic carbocycles. The second-order valence-corrected chi connectivity index (χ2v) is 6.76. The number of thioether (sulfide) groups is 1. The largest absolute Gasteiger partial charge is 0.338 e. The van der Waals surface area contributed by atoms with E-state index in [0.29, 0.717) is 19.5 Å². The van der Waals surface area contributed by atoms with E-state index in [1.54, 1.807) is 16.7 Å². The Balaban J connectivity index is 1.47. The quantitative estimate of drug-likeness (QED) is 0.690. The lowest BCUT2D eigenvalue weighted by Gasteiger charge is -2.18. The van der Waals surface area contributed by atoms with Gasteiger partial charge in [0.1, 0.15) is 5.65 Å². The Morgan fingerprint density at radius 1 is 1.24 bits per heavy atom. The highest BCUT2D eigenvalue weighted by atomic mass is 32.2. The number of amides is 2. The number of aromatic nitrogens is 2. The molecule has 0 bridgehead atoms. The van der Waals surface area contributed by atoms with Crippen LogP contribution in [-0.4, -0.2) is 40.2 Å². The second kappa shape index (κ2) is 8.07. The summed E-state index contributed by atoms with van der Waals surface area (Å²) in [5.74, 6) is 0. The van der Waals surface area contributed by atoms with Gasteiger partial charge in [0.2, 0.25) is 0 Å². The van der Waals surface area contributed by atoms with Crippen LogP contribution in [0.25, 0.3) is 5.65 Å². The number of benzene rings is 1. The summed E-state index contributed by atoms with van der Waals surface area (Å²) in [6.07, 6.45) is 6.74. The first-order chi connectivity index (χ1) is 12.2. The molecule has 6 heteroatoms. The van der Waals surface area contributed by atoms with E-state index in [9.17, 15) is 4.79 Å². The van der Waals surface area contributed by atoms with E-state index < -0.39 is 0 Å². The van der Waals surface area contributed by atoms with Crippen LogP contribution in [0.5, 0.6) is 0 Å². The van der Waals surface area contributed by atoms with Crippen LogP contribution in [0.2, 0.25) is 0 Å². The van der Waals surface area contributed by atoms with Crippen LogP contribution in [0.15, 0.2) is 59.8 Å². The average molecular weight is 354 g/mol. The minimum atomic E-state index is -0.0716. The van der Waals surface area contributed by atoms with Crippen molar-refractivity contribution in [2.24, 2.45) is 0 Å². The molecule has 0 saturated heterocycles. The maximum atomic E-state index is 12.2. The van der Waals surface area contributed by atoms with Gasteiger partial charge in [0, 0.05) is 43.8 Å². The van der Waals surface area contributed by atoms with Crippen LogP contribution in [0.1, 0.15) is 11.3 Å². The molecule has 3 rings (SSSR count). The molecule has 1 N–H and O–H groups in total. The van der Waals surface area contributed by atoms with Gasteiger partial charge >= 0.3 is 6.03 Å². The van der Waals surface area contributed by atoms with Crippen molar-refractivity contribution in [3.05, 3.63) is 66.1 Å². The lowest BCUT2D eigenvalue weighted by molar-refractivity contribution is 0.207. The van der Waals surface area contributed by atoms with E-state index in [4.69, 9.17) is 0 Å². The highest BCUT2D eigenvalue weighted by Gasteiger charge is 2.09. The van der Waals surface area contributed by atoms with Crippen LogP contribution in [-0.2, 0) is 13.0 Å². The van der Waals surface area contributed by atoms with E-state index >= 15 is 0 Å². The number of nitrogens with zero attached hydrogens (tertiary/aromatic N) is 3. The van der Waals surface area contributed by atoms with E-state index in [1.165, 1.54) is 4.90 Å². The van der Waals surface area contributed by atoms with Gasteiger partial charge in [0.25, 0.3) is 0 Å². The number of imidazole rings is 1. The zero-order valence-corrected chi connectivity index (χ0v) is 15.3. The lowest BCUT2D eigenvalue weighted by Crippen LogP contribution is -2.37. The Hall–Kier alpha value is -2.47. The van der Waals surface area contributed by atoms with Crippen molar-refractivity contribution in [3.8, 4) is 0 Å². The third kappa shape index (κ3) is 4.54. The first kappa shape index (κ1) is 17.4. The third-order valence-electron chi connectivity index (χ3n) is 4.00. The molecular weight excluding hydrogens is 332 g/mol. The molecule has 5 nitrogen and oxygen atoms in total. The van der Waals surface area contributed by atoms with Gasteiger partial charge in [-0.25, -0.2) is 9.78 Å². The molecule has 1 aromatic carbocycles. The van der Waals surface area contributed by atoms with Crippen molar-refractivity contribution in [2.75, 3.05) is 19.8 Å². The SMILES string of the molecule is CSc1ccc(CN(C)C(=O)NCCc2cn3ccccc3n2)cc1. The molecule has 0 radical (unpaired) electrons. The van der Waals surface area contributed by atoms with Gasteiger partial charge in [-0.3, -0.25) is 0 Å². The topological polar surface area (TPSA) is 49.6 Å². The number of pyridine rings is 1. The number of hydrogen-bond acceptors (Lipinski definition) is 3. The third-order valence-corrected chi connectivity index (χ3v) is 4.74. The Kier molecular flexibility index (Phi) is 5.60. The van der Waals surface area contributed by atoms with Crippen LogP contribution < -0.4 is 5.32 Å². The molecule has 3 aromatic rings. The second-order valence-electron chi connectivity index (χ2n) is 5.88. The van der Waals surface area contributed by atoms with Crippen molar-refractivity contribution >= 4 is 23.4 Å². The van der Waals surface area contributed by atoms with Gasteiger partial charge in [-0.2, -0.15) is 0 Å². The van der Waals surface area contributed by atoms with Gasteiger partial charge in [0.05, 0.1) is 5.69 Å². The Morgan fingerprint density at radius 3 is 2.76 bits per heavy atom. The molecule has 2 heterocycles. The minimum absolute atomic E-state index is 0.0716. The number of carbonyl (C=O) groups is 1. The fourth-order valence-corrected chi connectivity index (χ4v) is 3.02. The number of urea groups is 1. The number of fused-ring (bicyclic) bond motifs is 1. The molecule has 0 aliphatic heterocycles. The molecule has 2 aromatic heterocycles. The molecule has 2 amide bonds. The zero-order chi connectivity index (χ0) is 17.6.